The van der Waals surface area contributed by atoms with Crippen LogP contribution in [-0.4, -0.2) is 21.6 Å². The normalized spacial score (nSPS) is 11.0. The first-order valence-corrected chi connectivity index (χ1v) is 12.8. The van der Waals surface area contributed by atoms with Gasteiger partial charge in [0.25, 0.3) is 0 Å². The summed E-state index contributed by atoms with van der Waals surface area (Å²) in [5.41, 5.74) is 4.42. The minimum Gasteiger partial charge on any atom is -0.490 e. The second kappa shape index (κ2) is 14.4. The molecule has 0 spiro atoms. The van der Waals surface area contributed by atoms with E-state index in [-0.39, 0.29) is 0 Å². The largest absolute Gasteiger partial charge is 0.490 e. The molecule has 4 nitrogen and oxygen atoms in total. The molecule has 3 rings (SSSR count). The second-order valence-electron chi connectivity index (χ2n) is 8.80. The Balaban J connectivity index is 1.48. The molecule has 33 heavy (non-hydrogen) atoms. The van der Waals surface area contributed by atoms with Gasteiger partial charge in [0, 0.05) is 17.3 Å². The summed E-state index contributed by atoms with van der Waals surface area (Å²) in [7, 11) is 0. The highest BCUT2D eigenvalue weighted by Gasteiger charge is 2.05. The van der Waals surface area contributed by atoms with Crippen LogP contribution in [0.25, 0.3) is 22.6 Å². The van der Waals surface area contributed by atoms with Gasteiger partial charge in [-0.25, -0.2) is 9.97 Å². The van der Waals surface area contributed by atoms with E-state index in [1.807, 2.05) is 6.20 Å². The van der Waals surface area contributed by atoms with Crippen molar-refractivity contribution in [2.24, 2.45) is 0 Å². The van der Waals surface area contributed by atoms with Crippen LogP contribution in [0.1, 0.15) is 83.6 Å². The van der Waals surface area contributed by atoms with Crippen molar-refractivity contribution in [1.29, 1.82) is 0 Å². The molecular formula is C29H39N3O. The SMILES string of the molecule is CCCCCCCOc1cnc(-c2ccc(-c3ccc(CCCCCCC)cn3)cc2)nc1. The maximum Gasteiger partial charge on any atom is 0.159 e. The van der Waals surface area contributed by atoms with Gasteiger partial charge in [-0.05, 0) is 30.9 Å². The zero-order chi connectivity index (χ0) is 23.1. The van der Waals surface area contributed by atoms with Crippen LogP contribution in [-0.2, 0) is 6.42 Å². The quantitative estimate of drug-likeness (QED) is 0.222. The molecule has 0 N–H and O–H groups in total. The first-order valence-electron chi connectivity index (χ1n) is 12.8. The number of pyridine rings is 1. The Hall–Kier alpha value is -2.75. The Morgan fingerprint density at radius 2 is 1.24 bits per heavy atom. The third-order valence-electron chi connectivity index (χ3n) is 5.98. The summed E-state index contributed by atoms with van der Waals surface area (Å²) in [4.78, 5) is 13.7. The van der Waals surface area contributed by atoms with Crippen molar-refractivity contribution in [1.82, 2.24) is 15.0 Å². The highest BCUT2D eigenvalue weighted by molar-refractivity contribution is 5.65. The van der Waals surface area contributed by atoms with Gasteiger partial charge in [-0.3, -0.25) is 4.98 Å². The molecule has 0 radical (unpaired) electrons. The number of ether oxygens (including phenoxy) is 1. The van der Waals surface area contributed by atoms with Gasteiger partial charge in [-0.15, -0.1) is 0 Å². The fraction of sp³-hybridized carbons (Fsp3) is 0.483. The predicted molar refractivity (Wildman–Crippen MR) is 137 cm³/mol. The average molecular weight is 446 g/mol. The highest BCUT2D eigenvalue weighted by Crippen LogP contribution is 2.23. The van der Waals surface area contributed by atoms with Crippen LogP contribution in [0.2, 0.25) is 0 Å². The molecule has 4 heteroatoms. The number of benzene rings is 1. The third-order valence-corrected chi connectivity index (χ3v) is 5.98. The average Bonchev–Trinajstić information content (AvgIpc) is 2.87. The van der Waals surface area contributed by atoms with Gasteiger partial charge in [0.05, 0.1) is 24.7 Å². The van der Waals surface area contributed by atoms with E-state index < -0.39 is 0 Å². The lowest BCUT2D eigenvalue weighted by Gasteiger charge is -2.07. The van der Waals surface area contributed by atoms with E-state index in [2.05, 4.69) is 65.2 Å². The fourth-order valence-electron chi connectivity index (χ4n) is 3.90. The minimum absolute atomic E-state index is 0.711. The summed E-state index contributed by atoms with van der Waals surface area (Å²) in [6.07, 6.45) is 19.4. The highest BCUT2D eigenvalue weighted by atomic mass is 16.5. The lowest BCUT2D eigenvalue weighted by molar-refractivity contribution is 0.302. The summed E-state index contributed by atoms with van der Waals surface area (Å²) >= 11 is 0. The zero-order valence-electron chi connectivity index (χ0n) is 20.4. The Kier molecular flexibility index (Phi) is 10.9. The molecule has 2 heterocycles. The maximum absolute atomic E-state index is 5.77. The van der Waals surface area contributed by atoms with Crippen LogP contribution in [0.5, 0.6) is 5.75 Å². The summed E-state index contributed by atoms with van der Waals surface area (Å²) in [6, 6.07) is 12.6. The molecule has 176 valence electrons. The van der Waals surface area contributed by atoms with Crippen LogP contribution in [0.3, 0.4) is 0 Å². The third kappa shape index (κ3) is 8.60. The number of aromatic nitrogens is 3. The Bertz CT molecular complexity index is 905. The lowest BCUT2D eigenvalue weighted by atomic mass is 10.0. The first-order chi connectivity index (χ1) is 16.3. The fourth-order valence-corrected chi connectivity index (χ4v) is 3.90. The predicted octanol–water partition coefficient (Wildman–Crippen LogP) is 8.07. The molecule has 1 aromatic carbocycles. The Morgan fingerprint density at radius 3 is 1.88 bits per heavy atom. The van der Waals surface area contributed by atoms with Gasteiger partial charge in [0.1, 0.15) is 0 Å². The number of rotatable bonds is 15. The van der Waals surface area contributed by atoms with E-state index in [0.29, 0.717) is 5.82 Å². The lowest BCUT2D eigenvalue weighted by Crippen LogP contribution is -1.99. The van der Waals surface area contributed by atoms with Crippen LogP contribution in [0.4, 0.5) is 0 Å². The molecule has 0 aliphatic carbocycles. The molecule has 0 amide bonds. The number of hydrogen-bond acceptors (Lipinski definition) is 4. The van der Waals surface area contributed by atoms with Crippen molar-refractivity contribution < 1.29 is 4.74 Å². The topological polar surface area (TPSA) is 47.9 Å². The van der Waals surface area contributed by atoms with Gasteiger partial charge in [-0.1, -0.05) is 95.5 Å². The number of nitrogens with zero attached hydrogens (tertiary/aromatic N) is 3. The van der Waals surface area contributed by atoms with E-state index in [1.54, 1.807) is 12.4 Å². The summed E-state index contributed by atoms with van der Waals surface area (Å²) in [6.45, 7) is 5.21. The molecule has 0 aliphatic heterocycles. The van der Waals surface area contributed by atoms with E-state index in [9.17, 15) is 0 Å². The van der Waals surface area contributed by atoms with Crippen LogP contribution in [0.15, 0.2) is 55.0 Å². The Morgan fingerprint density at radius 1 is 0.606 bits per heavy atom. The van der Waals surface area contributed by atoms with Gasteiger partial charge in [0.15, 0.2) is 11.6 Å². The van der Waals surface area contributed by atoms with Crippen molar-refractivity contribution in [2.45, 2.75) is 84.5 Å². The van der Waals surface area contributed by atoms with Crippen molar-refractivity contribution in [3.63, 3.8) is 0 Å². The summed E-state index contributed by atoms with van der Waals surface area (Å²) in [5, 5.41) is 0. The standard InChI is InChI=1S/C29H39N3O/c1-3-5-7-9-11-13-24-14-19-28(30-21-24)25-15-17-26(18-16-25)29-31-22-27(23-32-29)33-20-12-10-8-6-4-2/h14-19,21-23H,3-13,20H2,1-2H3. The molecule has 3 aromatic rings. The van der Waals surface area contributed by atoms with Crippen molar-refractivity contribution in [3.8, 4) is 28.4 Å². The van der Waals surface area contributed by atoms with Crippen molar-refractivity contribution in [3.05, 3.63) is 60.6 Å². The molecular weight excluding hydrogens is 406 g/mol. The van der Waals surface area contributed by atoms with Gasteiger partial charge in [-0.2, -0.15) is 0 Å². The smallest absolute Gasteiger partial charge is 0.159 e. The van der Waals surface area contributed by atoms with E-state index in [4.69, 9.17) is 4.74 Å². The van der Waals surface area contributed by atoms with Crippen molar-refractivity contribution in [2.75, 3.05) is 6.61 Å². The molecule has 0 saturated heterocycles. The maximum atomic E-state index is 5.77. The van der Waals surface area contributed by atoms with Gasteiger partial charge in [0.2, 0.25) is 0 Å². The molecule has 0 unspecified atom stereocenters. The molecule has 0 saturated carbocycles. The van der Waals surface area contributed by atoms with Crippen LogP contribution in [0, 0.1) is 0 Å². The van der Waals surface area contributed by atoms with Gasteiger partial charge >= 0.3 is 0 Å². The van der Waals surface area contributed by atoms with E-state index in [1.165, 1.54) is 63.4 Å². The molecule has 2 aromatic heterocycles. The summed E-state index contributed by atoms with van der Waals surface area (Å²) in [5.74, 6) is 1.45. The molecule has 0 atom stereocenters. The van der Waals surface area contributed by atoms with Crippen LogP contribution >= 0.6 is 0 Å². The van der Waals surface area contributed by atoms with E-state index in [0.717, 1.165) is 42.0 Å². The van der Waals surface area contributed by atoms with Crippen molar-refractivity contribution >= 4 is 0 Å². The Labute approximate surface area is 199 Å². The number of unbranched alkanes of at least 4 members (excludes halogenated alkanes) is 8. The zero-order valence-corrected chi connectivity index (χ0v) is 20.4. The minimum atomic E-state index is 0.711. The second-order valence-corrected chi connectivity index (χ2v) is 8.80. The van der Waals surface area contributed by atoms with E-state index >= 15 is 0 Å². The van der Waals surface area contributed by atoms with Crippen LogP contribution < -0.4 is 4.74 Å². The van der Waals surface area contributed by atoms with Gasteiger partial charge < -0.3 is 4.74 Å². The first kappa shape index (κ1) is 24.9. The summed E-state index contributed by atoms with van der Waals surface area (Å²) < 4.78 is 5.77. The molecule has 0 fully saturated rings. The monoisotopic (exact) mass is 445 g/mol. The number of hydrogen-bond donors (Lipinski definition) is 0. The molecule has 0 aliphatic rings. The number of aryl methyl sites for hydroxylation is 1. The molecule has 0 bridgehead atoms.